The predicted molar refractivity (Wildman–Crippen MR) is 97.5 cm³/mol. The van der Waals surface area contributed by atoms with E-state index in [-0.39, 0.29) is 17.6 Å². The molecule has 1 aromatic carbocycles. The van der Waals surface area contributed by atoms with E-state index in [0.29, 0.717) is 26.1 Å². The van der Waals surface area contributed by atoms with Crippen LogP contribution in [0, 0.1) is 0 Å². The van der Waals surface area contributed by atoms with Gasteiger partial charge in [-0.2, -0.15) is 0 Å². The standard InChI is InChI=1S/C21H24N2O3/c24-20(12-18-8-4-10-22-13-18)23-14-19(21(16-23)9-5-11-26-21)25-15-17-6-2-1-3-7-17/h1-4,6-8,10,13,19H,5,9,11-12,14-16H2/t19-,21-/m0/s1. The predicted octanol–water partition coefficient (Wildman–Crippen LogP) is 2.60. The van der Waals surface area contributed by atoms with Crippen LogP contribution in [-0.2, 0) is 27.3 Å². The van der Waals surface area contributed by atoms with Gasteiger partial charge in [0.1, 0.15) is 11.7 Å². The Morgan fingerprint density at radius 2 is 2.08 bits per heavy atom. The molecule has 0 saturated carbocycles. The molecular formula is C21H24N2O3. The Balaban J connectivity index is 1.43. The number of aromatic nitrogens is 1. The zero-order chi connectivity index (χ0) is 17.8. The lowest BCUT2D eigenvalue weighted by Crippen LogP contribution is -2.42. The maximum atomic E-state index is 12.8. The Bertz CT molecular complexity index is 729. The lowest BCUT2D eigenvalue weighted by Gasteiger charge is -2.28. The Morgan fingerprint density at radius 1 is 1.23 bits per heavy atom. The van der Waals surface area contributed by atoms with Crippen LogP contribution in [0.25, 0.3) is 0 Å². The average Bonchev–Trinajstić information content (AvgIpc) is 3.30. The average molecular weight is 352 g/mol. The van der Waals surface area contributed by atoms with Crippen LogP contribution in [-0.4, -0.2) is 47.2 Å². The monoisotopic (exact) mass is 352 g/mol. The van der Waals surface area contributed by atoms with Gasteiger partial charge in [0.25, 0.3) is 0 Å². The first-order valence-electron chi connectivity index (χ1n) is 9.21. The van der Waals surface area contributed by atoms with Gasteiger partial charge in [0, 0.05) is 25.5 Å². The number of hydrogen-bond acceptors (Lipinski definition) is 4. The maximum absolute atomic E-state index is 12.8. The Hall–Kier alpha value is -2.24. The second-order valence-electron chi connectivity index (χ2n) is 7.11. The summed E-state index contributed by atoms with van der Waals surface area (Å²) in [4.78, 5) is 18.8. The number of pyridine rings is 1. The van der Waals surface area contributed by atoms with E-state index in [2.05, 4.69) is 17.1 Å². The molecule has 2 aliphatic rings. The molecule has 0 bridgehead atoms. The number of hydrogen-bond donors (Lipinski definition) is 0. The third-order valence-electron chi connectivity index (χ3n) is 5.29. The maximum Gasteiger partial charge on any atom is 0.227 e. The molecule has 2 saturated heterocycles. The molecule has 136 valence electrons. The second kappa shape index (κ2) is 7.56. The van der Waals surface area contributed by atoms with Gasteiger partial charge >= 0.3 is 0 Å². The van der Waals surface area contributed by atoms with Crippen molar-refractivity contribution in [1.82, 2.24) is 9.88 Å². The Morgan fingerprint density at radius 3 is 2.81 bits per heavy atom. The highest BCUT2D eigenvalue weighted by atomic mass is 16.6. The Labute approximate surface area is 153 Å². The van der Waals surface area contributed by atoms with Crippen LogP contribution in [0.2, 0.25) is 0 Å². The van der Waals surface area contributed by atoms with Crippen molar-refractivity contribution in [3.05, 3.63) is 66.0 Å². The summed E-state index contributed by atoms with van der Waals surface area (Å²) in [5.74, 6) is 0.110. The van der Waals surface area contributed by atoms with Gasteiger partial charge in [0.15, 0.2) is 0 Å². The molecule has 26 heavy (non-hydrogen) atoms. The molecule has 0 unspecified atom stereocenters. The molecule has 1 spiro atoms. The van der Waals surface area contributed by atoms with Gasteiger partial charge in [0.2, 0.25) is 5.91 Å². The summed E-state index contributed by atoms with van der Waals surface area (Å²) in [6.45, 7) is 2.49. The van der Waals surface area contributed by atoms with Gasteiger partial charge in [0.05, 0.1) is 19.6 Å². The van der Waals surface area contributed by atoms with Crippen molar-refractivity contribution in [3.63, 3.8) is 0 Å². The summed E-state index contributed by atoms with van der Waals surface area (Å²) in [7, 11) is 0. The fourth-order valence-corrected chi connectivity index (χ4v) is 3.91. The molecule has 4 rings (SSSR count). The molecular weight excluding hydrogens is 328 g/mol. The number of nitrogens with zero attached hydrogens (tertiary/aromatic N) is 2. The van der Waals surface area contributed by atoms with Gasteiger partial charge in [-0.1, -0.05) is 36.4 Å². The molecule has 2 aromatic rings. The van der Waals surface area contributed by atoms with E-state index in [1.807, 2.05) is 35.2 Å². The minimum atomic E-state index is -0.348. The molecule has 5 nitrogen and oxygen atoms in total. The lowest BCUT2D eigenvalue weighted by molar-refractivity contribution is -0.130. The molecule has 2 aliphatic heterocycles. The Kier molecular flexibility index (Phi) is 5.00. The summed E-state index contributed by atoms with van der Waals surface area (Å²) >= 11 is 0. The SMILES string of the molecule is O=C(Cc1cccnc1)N1C[C@H](OCc2ccccc2)[C@]2(CCCO2)C1. The molecule has 2 fully saturated rings. The van der Waals surface area contributed by atoms with Crippen LogP contribution in [0.4, 0.5) is 0 Å². The van der Waals surface area contributed by atoms with Gasteiger partial charge < -0.3 is 14.4 Å². The minimum Gasteiger partial charge on any atom is -0.370 e. The van der Waals surface area contributed by atoms with E-state index >= 15 is 0 Å². The molecule has 5 heteroatoms. The molecule has 0 N–H and O–H groups in total. The van der Waals surface area contributed by atoms with Crippen molar-refractivity contribution in [2.75, 3.05) is 19.7 Å². The number of carbonyl (C=O) groups is 1. The van der Waals surface area contributed by atoms with Crippen molar-refractivity contribution >= 4 is 5.91 Å². The van der Waals surface area contributed by atoms with Crippen LogP contribution in [0.3, 0.4) is 0 Å². The molecule has 1 amide bonds. The zero-order valence-electron chi connectivity index (χ0n) is 14.8. The van der Waals surface area contributed by atoms with Crippen molar-refractivity contribution in [1.29, 1.82) is 0 Å². The largest absolute Gasteiger partial charge is 0.370 e. The summed E-state index contributed by atoms with van der Waals surface area (Å²) in [5.41, 5.74) is 1.73. The number of benzene rings is 1. The number of carbonyl (C=O) groups excluding carboxylic acids is 1. The number of likely N-dealkylation sites (tertiary alicyclic amines) is 1. The summed E-state index contributed by atoms with van der Waals surface area (Å²) in [6.07, 6.45) is 5.73. The molecule has 1 aromatic heterocycles. The van der Waals surface area contributed by atoms with Crippen LogP contribution in [0.15, 0.2) is 54.9 Å². The van der Waals surface area contributed by atoms with Gasteiger partial charge in [-0.15, -0.1) is 0 Å². The fourth-order valence-electron chi connectivity index (χ4n) is 3.91. The highest BCUT2D eigenvalue weighted by Crippen LogP contribution is 2.37. The molecule has 3 heterocycles. The van der Waals surface area contributed by atoms with Gasteiger partial charge in [-0.25, -0.2) is 0 Å². The highest BCUT2D eigenvalue weighted by molar-refractivity contribution is 5.79. The topological polar surface area (TPSA) is 51.7 Å². The van der Waals surface area contributed by atoms with Crippen LogP contribution < -0.4 is 0 Å². The molecule has 2 atom stereocenters. The summed E-state index contributed by atoms with van der Waals surface area (Å²) in [6, 6.07) is 13.9. The first-order chi connectivity index (χ1) is 12.8. The van der Waals surface area contributed by atoms with E-state index < -0.39 is 0 Å². The minimum absolute atomic E-state index is 0.0805. The molecule has 0 aliphatic carbocycles. The van der Waals surface area contributed by atoms with Crippen LogP contribution in [0.1, 0.15) is 24.0 Å². The van der Waals surface area contributed by atoms with E-state index in [9.17, 15) is 4.79 Å². The van der Waals surface area contributed by atoms with E-state index in [4.69, 9.17) is 9.47 Å². The molecule has 0 radical (unpaired) electrons. The van der Waals surface area contributed by atoms with E-state index in [1.54, 1.807) is 12.4 Å². The third-order valence-corrected chi connectivity index (χ3v) is 5.29. The first kappa shape index (κ1) is 17.2. The first-order valence-corrected chi connectivity index (χ1v) is 9.21. The van der Waals surface area contributed by atoms with Crippen molar-refractivity contribution in [3.8, 4) is 0 Å². The van der Waals surface area contributed by atoms with E-state index in [0.717, 1.165) is 30.6 Å². The van der Waals surface area contributed by atoms with Crippen molar-refractivity contribution in [2.24, 2.45) is 0 Å². The van der Waals surface area contributed by atoms with Crippen molar-refractivity contribution in [2.45, 2.75) is 37.6 Å². The second-order valence-corrected chi connectivity index (χ2v) is 7.11. The smallest absolute Gasteiger partial charge is 0.227 e. The number of amides is 1. The van der Waals surface area contributed by atoms with Gasteiger partial charge in [-0.3, -0.25) is 9.78 Å². The van der Waals surface area contributed by atoms with Crippen molar-refractivity contribution < 1.29 is 14.3 Å². The number of ether oxygens (including phenoxy) is 2. The van der Waals surface area contributed by atoms with Gasteiger partial charge in [-0.05, 0) is 30.0 Å². The quantitative estimate of drug-likeness (QED) is 0.830. The van der Waals surface area contributed by atoms with Crippen LogP contribution in [0.5, 0.6) is 0 Å². The normalized spacial score (nSPS) is 25.1. The highest BCUT2D eigenvalue weighted by Gasteiger charge is 2.51. The third kappa shape index (κ3) is 3.64. The summed E-state index contributed by atoms with van der Waals surface area (Å²) in [5, 5.41) is 0. The zero-order valence-corrected chi connectivity index (χ0v) is 14.8. The lowest BCUT2D eigenvalue weighted by atomic mass is 9.96. The number of rotatable bonds is 5. The summed E-state index contributed by atoms with van der Waals surface area (Å²) < 4.78 is 12.3. The van der Waals surface area contributed by atoms with Crippen LogP contribution >= 0.6 is 0 Å². The van der Waals surface area contributed by atoms with E-state index in [1.165, 1.54) is 0 Å². The fraction of sp³-hybridized carbons (Fsp3) is 0.429.